The summed E-state index contributed by atoms with van der Waals surface area (Å²) in [5.74, 6) is 1.06. The zero-order valence-electron chi connectivity index (χ0n) is 19.7. The van der Waals surface area contributed by atoms with Crippen LogP contribution in [0.5, 0.6) is 0 Å². The Kier molecular flexibility index (Phi) is 7.15. The van der Waals surface area contributed by atoms with Gasteiger partial charge in [-0.3, -0.25) is 4.79 Å². The number of hydrogen-bond acceptors (Lipinski definition) is 6. The number of rotatable bonds is 5. The Hall–Kier alpha value is -1.18. The summed E-state index contributed by atoms with van der Waals surface area (Å²) in [6.45, 7) is 15.1. The van der Waals surface area contributed by atoms with Gasteiger partial charge in [-0.1, -0.05) is 48.5 Å². The second kappa shape index (κ2) is 9.13. The summed E-state index contributed by atoms with van der Waals surface area (Å²) in [6, 6.07) is 0. The van der Waals surface area contributed by atoms with E-state index < -0.39 is 18.3 Å². The lowest BCUT2D eigenvalue weighted by Crippen LogP contribution is -2.57. The molecule has 3 aliphatic heterocycles. The lowest BCUT2D eigenvalue weighted by molar-refractivity contribution is -0.303. The maximum Gasteiger partial charge on any atom is 0.417 e. The van der Waals surface area contributed by atoms with Crippen molar-refractivity contribution in [1.29, 1.82) is 0 Å². The van der Waals surface area contributed by atoms with E-state index in [1.165, 1.54) is 7.05 Å². The number of likely N-dealkylation sites (N-methyl/N-ethyl adjacent to an activating group) is 1. The van der Waals surface area contributed by atoms with E-state index in [1.807, 2.05) is 6.92 Å². The number of carbonyl (C=O) groups is 2. The van der Waals surface area contributed by atoms with Gasteiger partial charge in [0.05, 0.1) is 18.3 Å². The van der Waals surface area contributed by atoms with Gasteiger partial charge in [-0.15, -0.1) is 0 Å². The molecule has 30 heavy (non-hydrogen) atoms. The van der Waals surface area contributed by atoms with Crippen LogP contribution in [-0.2, 0) is 23.7 Å². The van der Waals surface area contributed by atoms with Crippen molar-refractivity contribution in [2.45, 2.75) is 98.1 Å². The molecule has 0 N–H and O–H groups in total. The van der Waals surface area contributed by atoms with Crippen LogP contribution < -0.4 is 0 Å². The molecule has 11 unspecified atom stereocenters. The zero-order chi connectivity index (χ0) is 22.3. The van der Waals surface area contributed by atoms with Crippen LogP contribution in [0.1, 0.15) is 61.3 Å². The predicted octanol–water partition coefficient (Wildman–Crippen LogP) is 3.84. The molecule has 7 heteroatoms. The molecule has 3 fully saturated rings. The molecule has 0 aliphatic carbocycles. The van der Waals surface area contributed by atoms with Crippen molar-refractivity contribution >= 4 is 12.0 Å². The average Bonchev–Trinajstić information content (AvgIpc) is 2.98. The maximum absolute atomic E-state index is 12.5. The van der Waals surface area contributed by atoms with Crippen molar-refractivity contribution in [2.24, 2.45) is 29.6 Å². The fourth-order valence-electron chi connectivity index (χ4n) is 5.22. The smallest absolute Gasteiger partial charge is 0.417 e. The molecule has 2 amide bonds. The van der Waals surface area contributed by atoms with E-state index in [1.54, 1.807) is 0 Å². The van der Waals surface area contributed by atoms with Gasteiger partial charge in [-0.25, -0.2) is 9.69 Å². The van der Waals surface area contributed by atoms with Gasteiger partial charge in [-0.05, 0) is 36.5 Å². The highest BCUT2D eigenvalue weighted by Crippen LogP contribution is 2.42. The third kappa shape index (κ3) is 4.00. The third-order valence-electron chi connectivity index (χ3n) is 8.02. The van der Waals surface area contributed by atoms with Gasteiger partial charge in [0, 0.05) is 13.0 Å². The molecule has 172 valence electrons. The van der Waals surface area contributed by atoms with E-state index in [0.29, 0.717) is 11.8 Å². The molecule has 3 rings (SSSR count). The van der Waals surface area contributed by atoms with E-state index >= 15 is 0 Å². The van der Waals surface area contributed by atoms with Crippen LogP contribution in [0.2, 0.25) is 0 Å². The SMILES string of the molecule is CCC1OC(OC2C(CC)OC(C3OC(=O)N(C)C3=O)C(C)C2C)C(C)C(C)C1C. The van der Waals surface area contributed by atoms with Crippen LogP contribution in [-0.4, -0.2) is 60.8 Å². The molecule has 7 nitrogen and oxygen atoms in total. The van der Waals surface area contributed by atoms with Crippen molar-refractivity contribution in [3.05, 3.63) is 0 Å². The molecule has 0 spiro atoms. The Morgan fingerprint density at radius 1 is 0.833 bits per heavy atom. The van der Waals surface area contributed by atoms with Crippen LogP contribution in [0.3, 0.4) is 0 Å². The number of amides is 2. The summed E-state index contributed by atoms with van der Waals surface area (Å²) < 4.78 is 24.7. The number of imide groups is 1. The zero-order valence-corrected chi connectivity index (χ0v) is 19.7. The van der Waals surface area contributed by atoms with Gasteiger partial charge in [0.1, 0.15) is 6.10 Å². The Morgan fingerprint density at radius 3 is 2.00 bits per heavy atom. The van der Waals surface area contributed by atoms with Gasteiger partial charge < -0.3 is 18.9 Å². The molecule has 11 atom stereocenters. The summed E-state index contributed by atoms with van der Waals surface area (Å²) in [5, 5.41) is 0. The second-order valence-electron chi connectivity index (χ2n) is 9.60. The first-order valence-electron chi connectivity index (χ1n) is 11.6. The number of nitrogens with zero attached hydrogens (tertiary/aromatic N) is 1. The monoisotopic (exact) mass is 425 g/mol. The van der Waals surface area contributed by atoms with Crippen molar-refractivity contribution in [2.75, 3.05) is 7.05 Å². The summed E-state index contributed by atoms with van der Waals surface area (Å²) >= 11 is 0. The average molecular weight is 426 g/mol. The van der Waals surface area contributed by atoms with Crippen molar-refractivity contribution < 1.29 is 28.5 Å². The Morgan fingerprint density at radius 2 is 1.47 bits per heavy atom. The van der Waals surface area contributed by atoms with Gasteiger partial charge in [0.25, 0.3) is 5.91 Å². The van der Waals surface area contributed by atoms with Crippen molar-refractivity contribution in [1.82, 2.24) is 4.90 Å². The van der Waals surface area contributed by atoms with Crippen LogP contribution >= 0.6 is 0 Å². The molecular weight excluding hydrogens is 386 g/mol. The second-order valence-corrected chi connectivity index (χ2v) is 9.60. The molecule has 0 aromatic carbocycles. The number of hydrogen-bond donors (Lipinski definition) is 0. The Balaban J connectivity index is 1.75. The minimum absolute atomic E-state index is 0.0109. The van der Waals surface area contributed by atoms with E-state index in [4.69, 9.17) is 18.9 Å². The lowest BCUT2D eigenvalue weighted by atomic mass is 9.77. The first-order valence-corrected chi connectivity index (χ1v) is 11.6. The van der Waals surface area contributed by atoms with Gasteiger partial charge in [0.15, 0.2) is 6.29 Å². The van der Waals surface area contributed by atoms with Crippen molar-refractivity contribution in [3.8, 4) is 0 Å². The van der Waals surface area contributed by atoms with Crippen LogP contribution in [0.15, 0.2) is 0 Å². The van der Waals surface area contributed by atoms with Crippen LogP contribution in [0.4, 0.5) is 4.79 Å². The lowest BCUT2D eigenvalue weighted by Gasteiger charge is -2.49. The van der Waals surface area contributed by atoms with Gasteiger partial charge >= 0.3 is 6.09 Å². The van der Waals surface area contributed by atoms with Gasteiger partial charge in [-0.2, -0.15) is 0 Å². The van der Waals surface area contributed by atoms with Crippen LogP contribution in [0, 0.1) is 29.6 Å². The Labute approximate surface area is 180 Å². The third-order valence-corrected chi connectivity index (χ3v) is 8.02. The summed E-state index contributed by atoms with van der Waals surface area (Å²) in [7, 11) is 1.44. The highest BCUT2D eigenvalue weighted by molar-refractivity contribution is 6.00. The molecule has 0 aromatic rings. The molecule has 3 saturated heterocycles. The fourth-order valence-corrected chi connectivity index (χ4v) is 5.22. The van der Waals surface area contributed by atoms with E-state index in [0.717, 1.165) is 17.7 Å². The van der Waals surface area contributed by atoms with Gasteiger partial charge in [0.2, 0.25) is 6.10 Å². The van der Waals surface area contributed by atoms with E-state index in [-0.39, 0.29) is 48.3 Å². The standard InChI is InChI=1S/C23H39NO6/c1-9-16-12(4)11(3)15(7)22(28-16)29-18-13(5)14(6)19(27-17(18)10-2)20-21(25)24(8)23(26)30-20/h11-20,22H,9-10H2,1-8H3. The summed E-state index contributed by atoms with van der Waals surface area (Å²) in [6.07, 6.45) is -0.674. The van der Waals surface area contributed by atoms with E-state index in [9.17, 15) is 9.59 Å². The van der Waals surface area contributed by atoms with E-state index in [2.05, 4.69) is 41.5 Å². The minimum atomic E-state index is -0.884. The first-order chi connectivity index (χ1) is 14.1. The highest BCUT2D eigenvalue weighted by atomic mass is 16.7. The molecule has 0 saturated carbocycles. The number of cyclic esters (lactones) is 1. The highest BCUT2D eigenvalue weighted by Gasteiger charge is 2.53. The Bertz CT molecular complexity index is 637. The quantitative estimate of drug-likeness (QED) is 0.666. The fraction of sp³-hybridized carbons (Fsp3) is 0.913. The van der Waals surface area contributed by atoms with Crippen molar-refractivity contribution in [3.63, 3.8) is 0 Å². The van der Waals surface area contributed by atoms with Crippen LogP contribution in [0.25, 0.3) is 0 Å². The predicted molar refractivity (Wildman–Crippen MR) is 112 cm³/mol. The molecule has 3 aliphatic rings. The number of carbonyl (C=O) groups excluding carboxylic acids is 2. The minimum Gasteiger partial charge on any atom is -0.433 e. The first kappa shape index (κ1) is 23.5. The molecular formula is C23H39NO6. The topological polar surface area (TPSA) is 74.3 Å². The maximum atomic E-state index is 12.5. The normalized spacial score (nSPS) is 47.5. The molecule has 0 aromatic heterocycles. The number of ether oxygens (including phenoxy) is 4. The largest absolute Gasteiger partial charge is 0.433 e. The molecule has 0 radical (unpaired) electrons. The molecule has 3 heterocycles. The summed E-state index contributed by atoms with van der Waals surface area (Å²) in [5.41, 5.74) is 0. The summed E-state index contributed by atoms with van der Waals surface area (Å²) in [4.78, 5) is 25.4. The molecule has 0 bridgehead atoms.